The van der Waals surface area contributed by atoms with Crippen molar-refractivity contribution in [2.24, 2.45) is 0 Å². The zero-order chi connectivity index (χ0) is 13.2. The summed E-state index contributed by atoms with van der Waals surface area (Å²) in [6.45, 7) is 3.72. The summed E-state index contributed by atoms with van der Waals surface area (Å²) >= 11 is 0. The number of carbonyl (C=O) groups is 2. The van der Waals surface area contributed by atoms with Crippen LogP contribution in [0.15, 0.2) is 43.0 Å². The van der Waals surface area contributed by atoms with Crippen LogP contribution in [0.5, 0.6) is 0 Å². The molecule has 0 N–H and O–H groups in total. The van der Waals surface area contributed by atoms with Crippen LogP contribution >= 0.6 is 0 Å². The number of ether oxygens (including phenoxy) is 1. The fourth-order valence-corrected chi connectivity index (χ4v) is 1.55. The highest BCUT2D eigenvalue weighted by Crippen LogP contribution is 2.08. The molecule has 0 fully saturated rings. The molecule has 0 spiro atoms. The molecule has 0 aliphatic rings. The van der Waals surface area contributed by atoms with E-state index >= 15 is 0 Å². The highest BCUT2D eigenvalue weighted by molar-refractivity contribution is 5.95. The molecule has 0 amide bonds. The highest BCUT2D eigenvalue weighted by atomic mass is 16.5. The van der Waals surface area contributed by atoms with Crippen LogP contribution in [-0.2, 0) is 9.53 Å². The van der Waals surface area contributed by atoms with E-state index in [1.807, 2.05) is 18.2 Å². The average Bonchev–Trinajstić information content (AvgIpc) is 2.42. The SMILES string of the molecule is C=CCOC(=O)CCCCC(=O)c1ccccc1. The standard InChI is InChI=1S/C15H18O3/c1-2-12-18-15(17)11-7-6-10-14(16)13-8-4-3-5-9-13/h2-5,8-9H,1,6-7,10-12H2. The molecule has 0 aromatic heterocycles. The van der Waals surface area contributed by atoms with Gasteiger partial charge < -0.3 is 4.74 Å². The number of ketones is 1. The number of hydrogen-bond donors (Lipinski definition) is 0. The molecule has 0 aliphatic heterocycles. The number of carbonyl (C=O) groups excluding carboxylic acids is 2. The molecule has 0 atom stereocenters. The van der Waals surface area contributed by atoms with Gasteiger partial charge in [-0.15, -0.1) is 0 Å². The lowest BCUT2D eigenvalue weighted by molar-refractivity contribution is -0.142. The van der Waals surface area contributed by atoms with Crippen molar-refractivity contribution in [3.05, 3.63) is 48.6 Å². The lowest BCUT2D eigenvalue weighted by Gasteiger charge is -2.02. The maximum absolute atomic E-state index is 11.7. The molecule has 1 aromatic rings. The van der Waals surface area contributed by atoms with Crippen LogP contribution in [0, 0.1) is 0 Å². The Hall–Kier alpha value is -1.90. The third kappa shape index (κ3) is 5.43. The van der Waals surface area contributed by atoms with Crippen molar-refractivity contribution in [2.45, 2.75) is 25.7 Å². The first kappa shape index (κ1) is 14.2. The maximum atomic E-state index is 11.7. The van der Waals surface area contributed by atoms with Crippen LogP contribution in [-0.4, -0.2) is 18.4 Å². The maximum Gasteiger partial charge on any atom is 0.306 e. The number of benzene rings is 1. The summed E-state index contributed by atoms with van der Waals surface area (Å²) in [6.07, 6.45) is 3.75. The van der Waals surface area contributed by atoms with Gasteiger partial charge in [0.15, 0.2) is 5.78 Å². The van der Waals surface area contributed by atoms with Crippen molar-refractivity contribution in [1.82, 2.24) is 0 Å². The number of rotatable bonds is 8. The van der Waals surface area contributed by atoms with Gasteiger partial charge >= 0.3 is 5.97 Å². The van der Waals surface area contributed by atoms with Gasteiger partial charge in [-0.2, -0.15) is 0 Å². The zero-order valence-corrected chi connectivity index (χ0v) is 10.4. The molecule has 96 valence electrons. The average molecular weight is 246 g/mol. The van der Waals surface area contributed by atoms with Crippen LogP contribution in [0.25, 0.3) is 0 Å². The Morgan fingerprint density at radius 1 is 1.11 bits per heavy atom. The highest BCUT2D eigenvalue weighted by Gasteiger charge is 2.06. The molecule has 0 saturated heterocycles. The fourth-order valence-electron chi connectivity index (χ4n) is 1.55. The Balaban J connectivity index is 2.17. The van der Waals surface area contributed by atoms with E-state index in [9.17, 15) is 9.59 Å². The molecular weight excluding hydrogens is 228 g/mol. The lowest BCUT2D eigenvalue weighted by atomic mass is 10.0. The van der Waals surface area contributed by atoms with E-state index in [0.717, 1.165) is 5.56 Å². The predicted octanol–water partition coefficient (Wildman–Crippen LogP) is 3.16. The van der Waals surface area contributed by atoms with Crippen molar-refractivity contribution >= 4 is 11.8 Å². The molecule has 3 heteroatoms. The molecular formula is C15H18O3. The zero-order valence-electron chi connectivity index (χ0n) is 10.4. The Labute approximate surface area is 107 Å². The van der Waals surface area contributed by atoms with E-state index in [-0.39, 0.29) is 18.4 Å². The minimum atomic E-state index is -0.234. The van der Waals surface area contributed by atoms with Gasteiger partial charge in [-0.1, -0.05) is 43.0 Å². The van der Waals surface area contributed by atoms with E-state index in [2.05, 4.69) is 6.58 Å². The molecule has 0 bridgehead atoms. The molecule has 0 unspecified atom stereocenters. The third-order valence-corrected chi connectivity index (χ3v) is 2.49. The van der Waals surface area contributed by atoms with E-state index < -0.39 is 0 Å². The summed E-state index contributed by atoms with van der Waals surface area (Å²) in [5.41, 5.74) is 0.728. The van der Waals surface area contributed by atoms with Crippen molar-refractivity contribution in [3.8, 4) is 0 Å². The number of hydrogen-bond acceptors (Lipinski definition) is 3. The van der Waals surface area contributed by atoms with Gasteiger partial charge in [-0.25, -0.2) is 0 Å². The number of esters is 1. The first-order valence-electron chi connectivity index (χ1n) is 6.09. The van der Waals surface area contributed by atoms with Gasteiger partial charge in [-0.05, 0) is 12.8 Å². The summed E-state index contributed by atoms with van der Waals surface area (Å²) in [5.74, 6) is -0.114. The van der Waals surface area contributed by atoms with Crippen molar-refractivity contribution < 1.29 is 14.3 Å². The first-order valence-corrected chi connectivity index (χ1v) is 6.09. The molecule has 0 saturated carbocycles. The van der Waals surface area contributed by atoms with Crippen LogP contribution in [0.1, 0.15) is 36.0 Å². The summed E-state index contributed by atoms with van der Waals surface area (Å²) in [7, 11) is 0. The molecule has 0 radical (unpaired) electrons. The third-order valence-electron chi connectivity index (χ3n) is 2.49. The second kappa shape index (κ2) is 8.23. The summed E-state index contributed by atoms with van der Waals surface area (Å²) < 4.78 is 4.84. The van der Waals surface area contributed by atoms with Gasteiger partial charge in [0, 0.05) is 18.4 Å². The quantitative estimate of drug-likeness (QED) is 0.306. The predicted molar refractivity (Wildman–Crippen MR) is 70.4 cm³/mol. The summed E-state index contributed by atoms with van der Waals surface area (Å²) in [4.78, 5) is 22.9. The number of unbranched alkanes of at least 4 members (excludes halogenated alkanes) is 1. The molecule has 1 rings (SSSR count). The minimum absolute atomic E-state index is 0.120. The van der Waals surface area contributed by atoms with Crippen molar-refractivity contribution in [1.29, 1.82) is 0 Å². The first-order chi connectivity index (χ1) is 8.74. The molecule has 18 heavy (non-hydrogen) atoms. The molecule has 1 aromatic carbocycles. The van der Waals surface area contributed by atoms with Crippen LogP contribution < -0.4 is 0 Å². The normalized spacial score (nSPS) is 9.78. The Kier molecular flexibility index (Phi) is 6.47. The van der Waals surface area contributed by atoms with Gasteiger partial charge in [0.1, 0.15) is 6.61 Å². The topological polar surface area (TPSA) is 43.4 Å². The van der Waals surface area contributed by atoms with Gasteiger partial charge in [0.05, 0.1) is 0 Å². The van der Waals surface area contributed by atoms with E-state index in [4.69, 9.17) is 4.74 Å². The summed E-state index contributed by atoms with van der Waals surface area (Å²) in [5, 5.41) is 0. The smallest absolute Gasteiger partial charge is 0.306 e. The summed E-state index contributed by atoms with van der Waals surface area (Å²) in [6, 6.07) is 9.19. The molecule has 0 aliphatic carbocycles. The molecule has 0 heterocycles. The van der Waals surface area contributed by atoms with E-state index in [1.165, 1.54) is 6.08 Å². The van der Waals surface area contributed by atoms with Gasteiger partial charge in [0.25, 0.3) is 0 Å². The molecule has 3 nitrogen and oxygen atoms in total. The second-order valence-corrected chi connectivity index (χ2v) is 3.97. The Morgan fingerprint density at radius 2 is 1.78 bits per heavy atom. The van der Waals surface area contributed by atoms with Gasteiger partial charge in [-0.3, -0.25) is 9.59 Å². The Morgan fingerprint density at radius 3 is 2.44 bits per heavy atom. The fraction of sp³-hybridized carbons (Fsp3) is 0.333. The number of Topliss-reactive ketones (excluding diaryl/α,β-unsaturated/α-hetero) is 1. The van der Waals surface area contributed by atoms with E-state index in [0.29, 0.717) is 25.7 Å². The largest absolute Gasteiger partial charge is 0.461 e. The van der Waals surface area contributed by atoms with Crippen LogP contribution in [0.2, 0.25) is 0 Å². The van der Waals surface area contributed by atoms with Crippen molar-refractivity contribution in [3.63, 3.8) is 0 Å². The Bertz CT molecular complexity index is 395. The van der Waals surface area contributed by atoms with E-state index in [1.54, 1.807) is 12.1 Å². The monoisotopic (exact) mass is 246 g/mol. The van der Waals surface area contributed by atoms with Crippen molar-refractivity contribution in [2.75, 3.05) is 6.61 Å². The van der Waals surface area contributed by atoms with Gasteiger partial charge in [0.2, 0.25) is 0 Å². The lowest BCUT2D eigenvalue weighted by Crippen LogP contribution is -2.04. The van der Waals surface area contributed by atoms with Crippen LogP contribution in [0.3, 0.4) is 0 Å². The minimum Gasteiger partial charge on any atom is -0.461 e. The van der Waals surface area contributed by atoms with Crippen LogP contribution in [0.4, 0.5) is 0 Å². The second-order valence-electron chi connectivity index (χ2n) is 3.97.